The number of carbonyl (C=O) groups excluding carboxylic acids is 4. The number of rotatable bonds is 13. The van der Waals surface area contributed by atoms with Crippen LogP contribution in [0.1, 0.15) is 74.3 Å². The number of halogens is 1. The first-order valence-corrected chi connectivity index (χ1v) is 18.6. The number of alkyl halides is 1. The third-order valence-corrected chi connectivity index (χ3v) is 9.93. The molecule has 11 nitrogen and oxygen atoms in total. The summed E-state index contributed by atoms with van der Waals surface area (Å²) < 4.78 is 18.2. The fourth-order valence-electron chi connectivity index (χ4n) is 6.99. The number of aromatic nitrogens is 1. The summed E-state index contributed by atoms with van der Waals surface area (Å²) in [6.45, 7) is 3.15. The molecular weight excluding hydrogens is 687 g/mol. The second-order valence-electron chi connectivity index (χ2n) is 13.8. The van der Waals surface area contributed by atoms with Gasteiger partial charge in [0.15, 0.2) is 0 Å². The number of ether oxygens (including phenoxy) is 1. The number of hydrogen-bond donors (Lipinski definition) is 3. The molecule has 0 radical (unpaired) electrons. The Kier molecular flexibility index (Phi) is 13.0. The Bertz CT molecular complexity index is 1970. The lowest BCUT2D eigenvalue weighted by molar-refractivity contribution is -0.126. The number of methoxy groups -OCH3 is 1. The minimum Gasteiger partial charge on any atom is -0.383 e. The summed E-state index contributed by atoms with van der Waals surface area (Å²) >= 11 is 0. The Balaban J connectivity index is 1.20. The number of pyridine rings is 1. The maximum absolute atomic E-state index is 13.8. The summed E-state index contributed by atoms with van der Waals surface area (Å²) in [7, 11) is 1.58. The van der Waals surface area contributed by atoms with Crippen molar-refractivity contribution in [3.8, 4) is 11.3 Å². The van der Waals surface area contributed by atoms with Crippen LogP contribution in [0.5, 0.6) is 0 Å². The van der Waals surface area contributed by atoms with E-state index in [1.165, 1.54) is 6.42 Å². The molecule has 4 aromatic rings. The Labute approximate surface area is 315 Å². The van der Waals surface area contributed by atoms with E-state index >= 15 is 0 Å². The van der Waals surface area contributed by atoms with E-state index in [2.05, 4.69) is 25.8 Å². The van der Waals surface area contributed by atoms with Crippen molar-refractivity contribution in [2.45, 2.75) is 45.3 Å². The summed E-state index contributed by atoms with van der Waals surface area (Å²) in [6.07, 6.45) is 6.32. The fraction of sp³-hybridized carbons (Fsp3) is 0.357. The summed E-state index contributed by atoms with van der Waals surface area (Å²) in [5, 5.41) is 8.82. The summed E-state index contributed by atoms with van der Waals surface area (Å²) in [6, 6.07) is 22.8. The lowest BCUT2D eigenvalue weighted by Crippen LogP contribution is -2.46. The van der Waals surface area contributed by atoms with Crippen LogP contribution in [0.3, 0.4) is 0 Å². The van der Waals surface area contributed by atoms with Gasteiger partial charge < -0.3 is 30.5 Å². The fourth-order valence-corrected chi connectivity index (χ4v) is 6.99. The van der Waals surface area contributed by atoms with Gasteiger partial charge in [0.1, 0.15) is 6.67 Å². The van der Waals surface area contributed by atoms with Gasteiger partial charge in [-0.1, -0.05) is 30.3 Å². The van der Waals surface area contributed by atoms with Crippen LogP contribution in [0.15, 0.2) is 85.1 Å². The van der Waals surface area contributed by atoms with Crippen LogP contribution in [-0.2, 0) is 22.8 Å². The van der Waals surface area contributed by atoms with Crippen molar-refractivity contribution in [1.29, 1.82) is 0 Å². The first-order valence-electron chi connectivity index (χ1n) is 18.6. The van der Waals surface area contributed by atoms with Crippen molar-refractivity contribution < 1.29 is 28.3 Å². The van der Waals surface area contributed by atoms with E-state index in [9.17, 15) is 23.6 Å². The van der Waals surface area contributed by atoms with Gasteiger partial charge in [-0.15, -0.1) is 0 Å². The van der Waals surface area contributed by atoms with Crippen molar-refractivity contribution in [2.75, 3.05) is 56.7 Å². The normalized spacial score (nSPS) is 15.7. The van der Waals surface area contributed by atoms with Crippen molar-refractivity contribution in [1.82, 2.24) is 20.5 Å². The van der Waals surface area contributed by atoms with Crippen LogP contribution in [0, 0.1) is 5.92 Å². The van der Waals surface area contributed by atoms with Gasteiger partial charge in [0, 0.05) is 80.5 Å². The van der Waals surface area contributed by atoms with Crippen molar-refractivity contribution in [3.63, 3.8) is 0 Å². The van der Waals surface area contributed by atoms with Gasteiger partial charge in [0.25, 0.3) is 17.7 Å². The first kappa shape index (κ1) is 38.1. The molecule has 0 spiro atoms. The van der Waals surface area contributed by atoms with Gasteiger partial charge in [-0.25, -0.2) is 4.39 Å². The van der Waals surface area contributed by atoms with Crippen molar-refractivity contribution >= 4 is 35.0 Å². The molecule has 6 rings (SSSR count). The smallest absolute Gasteiger partial charge is 0.255 e. The molecule has 0 unspecified atom stereocenters. The van der Waals surface area contributed by atoms with E-state index in [1.54, 1.807) is 72.8 Å². The lowest BCUT2D eigenvalue weighted by atomic mass is 9.96. The Morgan fingerprint density at radius 2 is 1.59 bits per heavy atom. The van der Waals surface area contributed by atoms with Crippen LogP contribution in [0.2, 0.25) is 0 Å². The standard InChI is InChI=1S/C42H47FN6O5/c1-54-21-17-45-40(51)34-12-7-20-49(28-34)42(53)33-11-6-10-31(23-33)41(52)47-37-14-13-35(48-18-3-2-4-19-48)25-36(37)38-24-32(15-16-44-38)39(50)46-27-30-9-5-8-29(22-30)26-43/h5-6,8-11,13-16,22-25,34H,2-4,7,12,17-21,26-28H2,1H3,(H,45,51)(H,46,50)(H,47,52)/t34-/m1/s1. The van der Waals surface area contributed by atoms with E-state index in [-0.39, 0.29) is 30.2 Å². The van der Waals surface area contributed by atoms with E-state index < -0.39 is 12.6 Å². The molecule has 282 valence electrons. The maximum Gasteiger partial charge on any atom is 0.255 e. The Hall–Kier alpha value is -5.62. The molecule has 2 aliphatic heterocycles. The zero-order chi connectivity index (χ0) is 37.9. The zero-order valence-corrected chi connectivity index (χ0v) is 30.6. The summed E-state index contributed by atoms with van der Waals surface area (Å²) in [4.78, 5) is 62.0. The van der Waals surface area contributed by atoms with Crippen LogP contribution >= 0.6 is 0 Å². The number of carbonyl (C=O) groups is 4. The largest absolute Gasteiger partial charge is 0.383 e. The number of piperidine rings is 2. The molecule has 0 bridgehead atoms. The SMILES string of the molecule is COCCNC(=O)[C@@H]1CCCN(C(=O)c2cccc(C(=O)Nc3ccc(N4CCCCC4)cc3-c3cc(C(=O)NCc4cccc(CF)c4)ccn3)c2)C1. The van der Waals surface area contributed by atoms with Crippen LogP contribution in [0.25, 0.3) is 11.3 Å². The van der Waals surface area contributed by atoms with Crippen molar-refractivity contribution in [2.24, 2.45) is 5.92 Å². The molecule has 2 fully saturated rings. The van der Waals surface area contributed by atoms with Gasteiger partial charge in [-0.3, -0.25) is 24.2 Å². The molecule has 1 aromatic heterocycles. The van der Waals surface area contributed by atoms with E-state index in [1.807, 2.05) is 24.3 Å². The maximum atomic E-state index is 13.8. The quantitative estimate of drug-likeness (QED) is 0.144. The predicted octanol–water partition coefficient (Wildman–Crippen LogP) is 6.01. The molecule has 3 aromatic carbocycles. The summed E-state index contributed by atoms with van der Waals surface area (Å²) in [5.74, 6) is -1.36. The number of anilines is 2. The second-order valence-corrected chi connectivity index (χ2v) is 13.8. The highest BCUT2D eigenvalue weighted by molar-refractivity contribution is 6.08. The number of nitrogens with zero attached hydrogens (tertiary/aromatic N) is 3. The average Bonchev–Trinajstić information content (AvgIpc) is 3.23. The van der Waals surface area contributed by atoms with Gasteiger partial charge in [-0.2, -0.15) is 0 Å². The predicted molar refractivity (Wildman–Crippen MR) is 206 cm³/mol. The highest BCUT2D eigenvalue weighted by Crippen LogP contribution is 2.33. The molecule has 12 heteroatoms. The number of likely N-dealkylation sites (tertiary alicyclic amines) is 1. The zero-order valence-electron chi connectivity index (χ0n) is 30.6. The molecule has 54 heavy (non-hydrogen) atoms. The summed E-state index contributed by atoms with van der Waals surface area (Å²) in [5.41, 5.74) is 5.04. The van der Waals surface area contributed by atoms with E-state index in [0.29, 0.717) is 78.3 Å². The minimum absolute atomic E-state index is 0.0964. The number of hydrogen-bond acceptors (Lipinski definition) is 7. The number of amides is 4. The van der Waals surface area contributed by atoms with Crippen LogP contribution < -0.4 is 20.9 Å². The third kappa shape index (κ3) is 9.67. The molecule has 2 aliphatic rings. The van der Waals surface area contributed by atoms with Crippen LogP contribution in [-0.4, -0.2) is 80.0 Å². The van der Waals surface area contributed by atoms with Gasteiger partial charge in [-0.05, 0) is 91.8 Å². The topological polar surface area (TPSA) is 133 Å². The first-order chi connectivity index (χ1) is 26.3. The van der Waals surface area contributed by atoms with Crippen LogP contribution in [0.4, 0.5) is 15.8 Å². The highest BCUT2D eigenvalue weighted by Gasteiger charge is 2.29. The Morgan fingerprint density at radius 3 is 2.41 bits per heavy atom. The van der Waals surface area contributed by atoms with Gasteiger partial charge >= 0.3 is 0 Å². The van der Waals surface area contributed by atoms with Crippen molar-refractivity contribution in [3.05, 3.63) is 113 Å². The molecular formula is C42H47FN6O5. The van der Waals surface area contributed by atoms with Gasteiger partial charge in [0.2, 0.25) is 5.91 Å². The average molecular weight is 735 g/mol. The molecule has 4 amide bonds. The molecule has 0 saturated carbocycles. The lowest BCUT2D eigenvalue weighted by Gasteiger charge is -2.32. The molecule has 0 aliphatic carbocycles. The minimum atomic E-state index is -0.578. The van der Waals surface area contributed by atoms with Gasteiger partial charge in [0.05, 0.1) is 23.9 Å². The second kappa shape index (κ2) is 18.4. The molecule has 2 saturated heterocycles. The highest BCUT2D eigenvalue weighted by atomic mass is 19.1. The molecule has 1 atom stereocenters. The number of benzene rings is 3. The molecule has 3 heterocycles. The third-order valence-electron chi connectivity index (χ3n) is 9.93. The van der Waals surface area contributed by atoms with E-state index in [0.717, 1.165) is 37.2 Å². The molecule has 3 N–H and O–H groups in total. The Morgan fingerprint density at radius 1 is 0.815 bits per heavy atom. The monoisotopic (exact) mass is 734 g/mol. The number of nitrogens with one attached hydrogen (secondary N) is 3. The van der Waals surface area contributed by atoms with E-state index in [4.69, 9.17) is 4.74 Å².